The van der Waals surface area contributed by atoms with Gasteiger partial charge in [-0.2, -0.15) is 18.3 Å². The summed E-state index contributed by atoms with van der Waals surface area (Å²) in [5.74, 6) is -4.48. The van der Waals surface area contributed by atoms with Gasteiger partial charge in [0.15, 0.2) is 5.78 Å². The number of ketones is 1. The summed E-state index contributed by atoms with van der Waals surface area (Å²) in [6.45, 7) is 2.60. The van der Waals surface area contributed by atoms with Crippen LogP contribution in [-0.4, -0.2) is 63.6 Å². The van der Waals surface area contributed by atoms with Gasteiger partial charge in [-0.3, -0.25) is 14.7 Å². The molecular weight excluding hydrogens is 495 g/mol. The molecule has 3 aromatic rings. The van der Waals surface area contributed by atoms with Crippen LogP contribution in [-0.2, 0) is 9.53 Å². The Morgan fingerprint density at radius 3 is 2.54 bits per heavy atom. The van der Waals surface area contributed by atoms with Gasteiger partial charge in [-0.25, -0.2) is 9.59 Å². The average molecular weight is 515 g/mol. The summed E-state index contributed by atoms with van der Waals surface area (Å²) < 4.78 is 47.1. The number of fused-ring (bicyclic) bond motifs is 2. The lowest BCUT2D eigenvalue weighted by atomic mass is 9.82. The van der Waals surface area contributed by atoms with Crippen molar-refractivity contribution in [2.24, 2.45) is 0 Å². The maximum absolute atomic E-state index is 13.1. The Balaban J connectivity index is 1.28. The number of esters is 2. The number of aromatic nitrogens is 2. The summed E-state index contributed by atoms with van der Waals surface area (Å²) in [4.78, 5) is 50.6. The zero-order chi connectivity index (χ0) is 26.5. The Bertz CT molecular complexity index is 1450. The van der Waals surface area contributed by atoms with Crippen molar-refractivity contribution in [3.63, 3.8) is 0 Å². The van der Waals surface area contributed by atoms with E-state index in [0.717, 1.165) is 28.6 Å². The number of hydrogen-bond acceptors (Lipinski definition) is 7. The summed E-state index contributed by atoms with van der Waals surface area (Å²) in [5.41, 5.74) is 1.09. The number of aryl methyl sites for hydroxylation is 1. The van der Waals surface area contributed by atoms with Crippen LogP contribution < -0.4 is 4.74 Å². The maximum atomic E-state index is 13.1. The van der Waals surface area contributed by atoms with Crippen molar-refractivity contribution in [1.82, 2.24) is 15.1 Å². The van der Waals surface area contributed by atoms with Crippen molar-refractivity contribution < 1.29 is 41.8 Å². The molecule has 2 aliphatic rings. The molecule has 0 radical (unpaired) electrons. The molecule has 2 aliphatic heterocycles. The molecule has 1 amide bonds. The van der Waals surface area contributed by atoms with E-state index in [4.69, 9.17) is 4.74 Å². The Hall–Kier alpha value is -4.22. The van der Waals surface area contributed by atoms with Crippen LogP contribution in [0.2, 0.25) is 0 Å². The molecule has 0 saturated carbocycles. The van der Waals surface area contributed by atoms with Crippen LogP contribution in [0.1, 0.15) is 55.9 Å². The van der Waals surface area contributed by atoms with Crippen molar-refractivity contribution in [2.45, 2.75) is 38.0 Å². The number of alkyl halides is 3. The van der Waals surface area contributed by atoms with Gasteiger partial charge in [-0.15, -0.1) is 0 Å². The van der Waals surface area contributed by atoms with E-state index in [9.17, 15) is 32.3 Å². The van der Waals surface area contributed by atoms with E-state index >= 15 is 0 Å². The van der Waals surface area contributed by atoms with Gasteiger partial charge in [0.2, 0.25) is 0 Å². The molecule has 3 heterocycles. The number of hydrogen-bond donors (Lipinski definition) is 1. The minimum absolute atomic E-state index is 0.0157. The van der Waals surface area contributed by atoms with Crippen molar-refractivity contribution in [1.29, 1.82) is 0 Å². The molecule has 2 aromatic carbocycles. The number of nitrogens with zero attached hydrogens (tertiary/aromatic N) is 2. The topological polar surface area (TPSA) is 119 Å². The van der Waals surface area contributed by atoms with Crippen molar-refractivity contribution in [2.75, 3.05) is 13.1 Å². The molecule has 0 aliphatic carbocycles. The molecule has 37 heavy (non-hydrogen) atoms. The van der Waals surface area contributed by atoms with Crippen molar-refractivity contribution in [3.8, 4) is 5.75 Å². The van der Waals surface area contributed by atoms with Crippen LogP contribution in [0.5, 0.6) is 5.75 Å². The molecule has 1 saturated heterocycles. The molecule has 1 spiro atoms. The first-order valence-electron chi connectivity index (χ1n) is 11.4. The highest BCUT2D eigenvalue weighted by molar-refractivity contribution is 6.04. The van der Waals surface area contributed by atoms with Gasteiger partial charge >= 0.3 is 18.1 Å². The van der Waals surface area contributed by atoms with Crippen LogP contribution in [0, 0.1) is 6.92 Å². The molecule has 1 fully saturated rings. The number of rotatable bonds is 2. The lowest BCUT2D eigenvalue weighted by molar-refractivity contribution is -0.193. The summed E-state index contributed by atoms with van der Waals surface area (Å²) in [7, 11) is 0. The molecular formula is C25H20F3N3O6. The molecule has 192 valence electrons. The van der Waals surface area contributed by atoms with E-state index in [-0.39, 0.29) is 35.0 Å². The largest absolute Gasteiger partial charge is 0.491 e. The first-order valence-corrected chi connectivity index (χ1v) is 11.4. The van der Waals surface area contributed by atoms with E-state index < -0.39 is 23.7 Å². The third-order valence-electron chi connectivity index (χ3n) is 6.70. The third-order valence-corrected chi connectivity index (χ3v) is 6.70. The van der Waals surface area contributed by atoms with Gasteiger partial charge in [-0.05, 0) is 42.8 Å². The molecule has 5 rings (SSSR count). The zero-order valence-corrected chi connectivity index (χ0v) is 19.5. The molecule has 0 atom stereocenters. The number of nitrogens with one attached hydrogen (secondary N) is 1. The number of aromatic amines is 1. The van der Waals surface area contributed by atoms with Crippen molar-refractivity contribution in [3.05, 3.63) is 58.8 Å². The number of piperidine rings is 1. The molecule has 1 N–H and O–H groups in total. The Morgan fingerprint density at radius 2 is 1.84 bits per heavy atom. The number of Topliss-reactive ketones (excluding diaryl/α,β-unsaturated/α-hetero) is 1. The minimum Gasteiger partial charge on any atom is -0.486 e. The second-order valence-corrected chi connectivity index (χ2v) is 9.19. The number of halogens is 3. The third kappa shape index (κ3) is 4.54. The van der Waals surface area contributed by atoms with Crippen LogP contribution in [0.3, 0.4) is 0 Å². The Labute approximate surface area is 207 Å². The van der Waals surface area contributed by atoms with Crippen LogP contribution in [0.15, 0.2) is 36.5 Å². The second-order valence-electron chi connectivity index (χ2n) is 9.19. The van der Waals surface area contributed by atoms with E-state index in [1.54, 1.807) is 23.2 Å². The van der Waals surface area contributed by atoms with Gasteiger partial charge in [-0.1, -0.05) is 0 Å². The average Bonchev–Trinajstić information content (AvgIpc) is 3.33. The highest BCUT2D eigenvalue weighted by Crippen LogP contribution is 2.40. The highest BCUT2D eigenvalue weighted by atomic mass is 19.4. The number of H-pyrrole nitrogens is 1. The van der Waals surface area contributed by atoms with Crippen molar-refractivity contribution >= 4 is 34.5 Å². The molecule has 12 heteroatoms. The smallest absolute Gasteiger partial charge is 0.486 e. The van der Waals surface area contributed by atoms with Crippen LogP contribution in [0.4, 0.5) is 13.2 Å². The van der Waals surface area contributed by atoms with Gasteiger partial charge in [0, 0.05) is 36.9 Å². The number of carbonyl (C=O) groups excluding carboxylic acids is 4. The first kappa shape index (κ1) is 24.5. The number of benzene rings is 2. The number of amides is 1. The summed E-state index contributed by atoms with van der Waals surface area (Å²) in [6.07, 6.45) is -2.91. The minimum atomic E-state index is -5.32. The highest BCUT2D eigenvalue weighted by Gasteiger charge is 2.45. The number of ether oxygens (including phenoxy) is 2. The van der Waals surface area contributed by atoms with Gasteiger partial charge in [0.1, 0.15) is 11.4 Å². The molecule has 1 aromatic heterocycles. The number of carbonyl (C=O) groups is 4. The summed E-state index contributed by atoms with van der Waals surface area (Å²) >= 11 is 0. The summed E-state index contributed by atoms with van der Waals surface area (Å²) in [6, 6.07) is 7.06. The summed E-state index contributed by atoms with van der Waals surface area (Å²) in [5, 5.41) is 7.74. The second kappa shape index (κ2) is 8.71. The Kier molecular flexibility index (Phi) is 5.76. The van der Waals surface area contributed by atoms with Crippen LogP contribution in [0.25, 0.3) is 10.9 Å². The molecule has 9 nitrogen and oxygen atoms in total. The molecule has 0 unspecified atom stereocenters. The van der Waals surface area contributed by atoms with E-state index in [2.05, 4.69) is 14.9 Å². The predicted octanol–water partition coefficient (Wildman–Crippen LogP) is 3.76. The standard InChI is InChI=1S/C25H20F3N3O6/c1-13-8-15(9-16-12-29-30-20(13)16)21(33)31-6-4-24(5-7-31)11-18(32)17-10-14(2-3-19(17)37-24)22(34)36-23(35)25(26,27)28/h2-3,8-10,12H,4-7,11H2,1H3,(H,29,30). The van der Waals surface area contributed by atoms with E-state index in [1.165, 1.54) is 6.07 Å². The fourth-order valence-corrected chi connectivity index (χ4v) is 4.76. The van der Waals surface area contributed by atoms with Gasteiger partial charge < -0.3 is 14.4 Å². The lowest BCUT2D eigenvalue weighted by Gasteiger charge is -2.44. The SMILES string of the molecule is Cc1cc(C(=O)N2CCC3(CC2)CC(=O)c2cc(C(=O)OC(=O)C(F)(F)F)ccc2O3)cc2cn[nH]c12. The normalized spacial score (nSPS) is 16.9. The van der Waals surface area contributed by atoms with Gasteiger partial charge in [0.05, 0.1) is 29.3 Å². The van der Waals surface area contributed by atoms with E-state index in [1.807, 2.05) is 6.92 Å². The molecule has 0 bridgehead atoms. The lowest BCUT2D eigenvalue weighted by Crippen LogP contribution is -2.52. The predicted molar refractivity (Wildman–Crippen MR) is 121 cm³/mol. The van der Waals surface area contributed by atoms with Gasteiger partial charge in [0.25, 0.3) is 5.91 Å². The Morgan fingerprint density at radius 1 is 1.11 bits per heavy atom. The number of likely N-dealkylation sites (tertiary alicyclic amines) is 1. The fourth-order valence-electron chi connectivity index (χ4n) is 4.76. The quantitative estimate of drug-likeness (QED) is 0.408. The fraction of sp³-hybridized carbons (Fsp3) is 0.320. The van der Waals surface area contributed by atoms with Crippen LogP contribution >= 0.6 is 0 Å². The first-order chi connectivity index (χ1) is 17.5. The zero-order valence-electron chi connectivity index (χ0n) is 19.5. The monoisotopic (exact) mass is 515 g/mol. The van der Waals surface area contributed by atoms with E-state index in [0.29, 0.717) is 31.5 Å². The maximum Gasteiger partial charge on any atom is 0.491 e.